The summed E-state index contributed by atoms with van der Waals surface area (Å²) < 4.78 is 7.70. The molecule has 112 valence electrons. The number of amides is 1. The van der Waals surface area contributed by atoms with Crippen molar-refractivity contribution in [1.29, 1.82) is 0 Å². The van der Waals surface area contributed by atoms with E-state index in [1.54, 1.807) is 0 Å². The quantitative estimate of drug-likeness (QED) is 0.837. The van der Waals surface area contributed by atoms with Gasteiger partial charge in [0.05, 0.1) is 17.9 Å². The zero-order chi connectivity index (χ0) is 15.1. The normalized spacial score (nSPS) is 22.7. The maximum absolute atomic E-state index is 12.8. The summed E-state index contributed by atoms with van der Waals surface area (Å²) >= 11 is 4.90. The third kappa shape index (κ3) is 2.80. The van der Waals surface area contributed by atoms with Crippen molar-refractivity contribution >= 4 is 48.9 Å². The van der Waals surface area contributed by atoms with Gasteiger partial charge in [-0.15, -0.1) is 11.3 Å². The summed E-state index contributed by atoms with van der Waals surface area (Å²) in [5.41, 5.74) is 6.76. The SMILES string of the molecule is CC1CN(C(=O)c2sc3cc(Br)ccc3c2N)CC(C)O1. The molecule has 1 saturated heterocycles. The number of nitrogens with two attached hydrogens (primary N) is 1. The number of thiophene rings is 1. The van der Waals surface area contributed by atoms with E-state index in [-0.39, 0.29) is 18.1 Å². The van der Waals surface area contributed by atoms with Gasteiger partial charge in [0, 0.05) is 27.6 Å². The second-order valence-electron chi connectivity index (χ2n) is 5.45. The Labute approximate surface area is 136 Å². The first-order valence-electron chi connectivity index (χ1n) is 6.88. The average Bonchev–Trinajstić information content (AvgIpc) is 2.73. The monoisotopic (exact) mass is 368 g/mol. The molecule has 1 aliphatic rings. The minimum atomic E-state index is 0.00632. The topological polar surface area (TPSA) is 55.6 Å². The van der Waals surface area contributed by atoms with Crippen molar-refractivity contribution in [3.05, 3.63) is 27.5 Å². The second-order valence-corrected chi connectivity index (χ2v) is 7.42. The van der Waals surface area contributed by atoms with Gasteiger partial charge in [0.2, 0.25) is 0 Å². The number of hydrogen-bond donors (Lipinski definition) is 1. The molecule has 3 rings (SSSR count). The molecule has 0 aliphatic carbocycles. The van der Waals surface area contributed by atoms with Gasteiger partial charge in [-0.05, 0) is 26.0 Å². The van der Waals surface area contributed by atoms with E-state index >= 15 is 0 Å². The lowest BCUT2D eigenvalue weighted by Crippen LogP contribution is -2.48. The zero-order valence-corrected chi connectivity index (χ0v) is 14.3. The third-order valence-electron chi connectivity index (χ3n) is 3.59. The molecule has 0 saturated carbocycles. The molecule has 0 spiro atoms. The molecule has 0 radical (unpaired) electrons. The van der Waals surface area contributed by atoms with Crippen LogP contribution in [0.25, 0.3) is 10.1 Å². The van der Waals surface area contributed by atoms with Crippen LogP contribution in [0.4, 0.5) is 5.69 Å². The molecule has 2 N–H and O–H groups in total. The fraction of sp³-hybridized carbons (Fsp3) is 0.400. The van der Waals surface area contributed by atoms with Crippen molar-refractivity contribution < 1.29 is 9.53 Å². The molecule has 4 nitrogen and oxygen atoms in total. The maximum Gasteiger partial charge on any atom is 0.266 e. The zero-order valence-electron chi connectivity index (χ0n) is 11.9. The summed E-state index contributed by atoms with van der Waals surface area (Å²) in [4.78, 5) is 15.2. The Morgan fingerprint density at radius 2 is 2.05 bits per heavy atom. The summed E-state index contributed by atoms with van der Waals surface area (Å²) in [5, 5.41) is 0.945. The summed E-state index contributed by atoms with van der Waals surface area (Å²) in [6, 6.07) is 5.89. The lowest BCUT2D eigenvalue weighted by Gasteiger charge is -2.35. The van der Waals surface area contributed by atoms with Gasteiger partial charge in [0.15, 0.2) is 0 Å². The first-order valence-corrected chi connectivity index (χ1v) is 8.49. The molecule has 1 aliphatic heterocycles. The lowest BCUT2D eigenvalue weighted by molar-refractivity contribution is -0.0584. The van der Waals surface area contributed by atoms with E-state index < -0.39 is 0 Å². The number of fused-ring (bicyclic) bond motifs is 1. The van der Waals surface area contributed by atoms with Gasteiger partial charge in [0.25, 0.3) is 5.91 Å². The van der Waals surface area contributed by atoms with Crippen LogP contribution in [0, 0.1) is 0 Å². The molecule has 1 amide bonds. The van der Waals surface area contributed by atoms with Gasteiger partial charge in [-0.1, -0.05) is 22.0 Å². The fourth-order valence-electron chi connectivity index (χ4n) is 2.74. The van der Waals surface area contributed by atoms with Crippen LogP contribution in [0.2, 0.25) is 0 Å². The van der Waals surface area contributed by atoms with Gasteiger partial charge < -0.3 is 15.4 Å². The lowest BCUT2D eigenvalue weighted by atomic mass is 10.2. The number of rotatable bonds is 1. The Kier molecular flexibility index (Phi) is 3.94. The molecule has 1 fully saturated rings. The Morgan fingerprint density at radius 3 is 2.71 bits per heavy atom. The molecular formula is C15H17BrN2O2S. The van der Waals surface area contributed by atoms with E-state index in [0.29, 0.717) is 23.7 Å². The van der Waals surface area contributed by atoms with E-state index in [0.717, 1.165) is 14.6 Å². The fourth-order valence-corrected chi connectivity index (χ4v) is 4.38. The number of anilines is 1. The Morgan fingerprint density at radius 1 is 1.38 bits per heavy atom. The number of morpholine rings is 1. The molecular weight excluding hydrogens is 352 g/mol. The number of nitrogen functional groups attached to an aromatic ring is 1. The largest absolute Gasteiger partial charge is 0.397 e. The van der Waals surface area contributed by atoms with Gasteiger partial charge >= 0.3 is 0 Å². The Bertz CT molecular complexity index is 690. The van der Waals surface area contributed by atoms with Crippen LogP contribution in [-0.4, -0.2) is 36.1 Å². The number of benzene rings is 1. The summed E-state index contributed by atoms with van der Waals surface area (Å²) in [7, 11) is 0. The highest BCUT2D eigenvalue weighted by Crippen LogP contribution is 2.36. The van der Waals surface area contributed by atoms with Crippen LogP contribution in [0.15, 0.2) is 22.7 Å². The predicted octanol–water partition coefficient (Wildman–Crippen LogP) is 3.50. The van der Waals surface area contributed by atoms with E-state index in [1.165, 1.54) is 11.3 Å². The summed E-state index contributed by atoms with van der Waals surface area (Å²) in [6.45, 7) is 5.20. The number of carbonyl (C=O) groups is 1. The van der Waals surface area contributed by atoms with Crippen molar-refractivity contribution in [2.45, 2.75) is 26.1 Å². The highest BCUT2D eigenvalue weighted by molar-refractivity contribution is 9.10. The minimum absolute atomic E-state index is 0.00632. The number of hydrogen-bond acceptors (Lipinski definition) is 4. The number of nitrogens with zero attached hydrogens (tertiary/aromatic N) is 1. The molecule has 2 unspecified atom stereocenters. The highest BCUT2D eigenvalue weighted by Gasteiger charge is 2.29. The number of ether oxygens (including phenoxy) is 1. The molecule has 2 heterocycles. The predicted molar refractivity (Wildman–Crippen MR) is 89.8 cm³/mol. The molecule has 1 aromatic carbocycles. The standard InChI is InChI=1S/C15H17BrN2O2S/c1-8-6-18(7-9(2)20-8)15(19)14-13(17)11-4-3-10(16)5-12(11)21-14/h3-5,8-9H,6-7,17H2,1-2H3. The smallest absolute Gasteiger partial charge is 0.266 e. The van der Waals surface area contributed by atoms with Crippen LogP contribution in [0.5, 0.6) is 0 Å². The van der Waals surface area contributed by atoms with Crippen molar-refractivity contribution in [1.82, 2.24) is 4.90 Å². The first kappa shape index (κ1) is 14.8. The van der Waals surface area contributed by atoms with Crippen LogP contribution in [0.1, 0.15) is 23.5 Å². The van der Waals surface area contributed by atoms with Gasteiger partial charge in [-0.25, -0.2) is 0 Å². The summed E-state index contributed by atoms with van der Waals surface area (Å²) in [5.74, 6) is 0.00632. The summed E-state index contributed by atoms with van der Waals surface area (Å²) in [6.07, 6.45) is 0.116. The Balaban J connectivity index is 1.96. The van der Waals surface area contributed by atoms with Crippen molar-refractivity contribution in [3.8, 4) is 0 Å². The van der Waals surface area contributed by atoms with Crippen molar-refractivity contribution in [3.63, 3.8) is 0 Å². The molecule has 0 bridgehead atoms. The van der Waals surface area contributed by atoms with E-state index in [9.17, 15) is 4.79 Å². The molecule has 1 aromatic heterocycles. The third-order valence-corrected chi connectivity index (χ3v) is 5.24. The first-order chi connectivity index (χ1) is 9.95. The molecule has 2 aromatic rings. The molecule has 2 atom stereocenters. The van der Waals surface area contributed by atoms with Gasteiger partial charge in [-0.2, -0.15) is 0 Å². The van der Waals surface area contributed by atoms with Gasteiger partial charge in [0.1, 0.15) is 4.88 Å². The van der Waals surface area contributed by atoms with Crippen LogP contribution >= 0.6 is 27.3 Å². The van der Waals surface area contributed by atoms with Crippen LogP contribution < -0.4 is 5.73 Å². The van der Waals surface area contributed by atoms with Crippen LogP contribution in [0.3, 0.4) is 0 Å². The van der Waals surface area contributed by atoms with E-state index in [4.69, 9.17) is 10.5 Å². The van der Waals surface area contributed by atoms with E-state index in [2.05, 4.69) is 15.9 Å². The minimum Gasteiger partial charge on any atom is -0.397 e. The van der Waals surface area contributed by atoms with Crippen LogP contribution in [-0.2, 0) is 4.74 Å². The van der Waals surface area contributed by atoms with Crippen molar-refractivity contribution in [2.75, 3.05) is 18.8 Å². The molecule has 21 heavy (non-hydrogen) atoms. The van der Waals surface area contributed by atoms with Gasteiger partial charge in [-0.3, -0.25) is 4.79 Å². The number of halogens is 1. The van der Waals surface area contributed by atoms with Crippen molar-refractivity contribution in [2.24, 2.45) is 0 Å². The number of carbonyl (C=O) groups excluding carboxylic acids is 1. The maximum atomic E-state index is 12.8. The highest BCUT2D eigenvalue weighted by atomic mass is 79.9. The Hall–Kier alpha value is -1.11. The van der Waals surface area contributed by atoms with E-state index in [1.807, 2.05) is 36.9 Å². The second kappa shape index (κ2) is 5.59. The molecule has 6 heteroatoms. The average molecular weight is 369 g/mol.